The van der Waals surface area contributed by atoms with E-state index in [1.54, 1.807) is 18.3 Å². The Labute approximate surface area is 142 Å². The highest BCUT2D eigenvalue weighted by Crippen LogP contribution is 2.17. The average Bonchev–Trinajstić information content (AvgIpc) is 2.61. The Morgan fingerprint density at radius 2 is 2.04 bits per heavy atom. The Hall–Kier alpha value is -2.40. The van der Waals surface area contributed by atoms with E-state index in [4.69, 9.17) is 4.74 Å². The van der Waals surface area contributed by atoms with Crippen molar-refractivity contribution in [3.8, 4) is 5.88 Å². The standard InChI is InChI=1S/C19H23N3O2/c1-15-13-21(2)10-11-22(15)19(23)17-8-9-20-18(12-17)24-14-16-6-4-3-5-7-16/h3-9,12,15H,10-11,13-14H2,1-2H3. The highest BCUT2D eigenvalue weighted by Gasteiger charge is 2.26. The van der Waals surface area contributed by atoms with Crippen LogP contribution < -0.4 is 4.74 Å². The van der Waals surface area contributed by atoms with Crippen molar-refractivity contribution in [3.63, 3.8) is 0 Å². The molecule has 0 radical (unpaired) electrons. The van der Waals surface area contributed by atoms with Gasteiger partial charge in [0.1, 0.15) is 6.61 Å². The van der Waals surface area contributed by atoms with Gasteiger partial charge in [-0.3, -0.25) is 4.79 Å². The van der Waals surface area contributed by atoms with Crippen molar-refractivity contribution >= 4 is 5.91 Å². The SMILES string of the molecule is CC1CN(C)CCN1C(=O)c1ccnc(OCc2ccccc2)c1. The smallest absolute Gasteiger partial charge is 0.254 e. The van der Waals surface area contributed by atoms with Crippen LogP contribution in [0, 0.1) is 0 Å². The number of carbonyl (C=O) groups excluding carboxylic acids is 1. The lowest BCUT2D eigenvalue weighted by molar-refractivity contribution is 0.0533. The van der Waals surface area contributed by atoms with E-state index in [2.05, 4.69) is 23.9 Å². The summed E-state index contributed by atoms with van der Waals surface area (Å²) < 4.78 is 5.72. The number of hydrogen-bond acceptors (Lipinski definition) is 4. The first-order valence-electron chi connectivity index (χ1n) is 8.26. The molecule has 1 amide bonds. The number of amides is 1. The first kappa shape index (κ1) is 16.5. The number of piperazine rings is 1. The van der Waals surface area contributed by atoms with Crippen LogP contribution in [-0.2, 0) is 6.61 Å². The number of likely N-dealkylation sites (N-methyl/N-ethyl adjacent to an activating group) is 1. The molecule has 0 aliphatic carbocycles. The molecule has 1 aliphatic rings. The quantitative estimate of drug-likeness (QED) is 0.866. The van der Waals surface area contributed by atoms with Gasteiger partial charge in [0.15, 0.2) is 0 Å². The molecule has 126 valence electrons. The van der Waals surface area contributed by atoms with E-state index in [9.17, 15) is 4.79 Å². The summed E-state index contributed by atoms with van der Waals surface area (Å²) in [6.45, 7) is 5.07. The second-order valence-corrected chi connectivity index (χ2v) is 6.27. The Balaban J connectivity index is 1.67. The van der Waals surface area contributed by atoms with Gasteiger partial charge < -0.3 is 14.5 Å². The number of ether oxygens (including phenoxy) is 1. The lowest BCUT2D eigenvalue weighted by atomic mass is 10.1. The van der Waals surface area contributed by atoms with Gasteiger partial charge in [0.2, 0.25) is 5.88 Å². The van der Waals surface area contributed by atoms with Crippen LogP contribution in [0.25, 0.3) is 0 Å². The molecule has 1 unspecified atom stereocenters. The Bertz CT molecular complexity index is 690. The van der Waals surface area contributed by atoms with Crippen molar-refractivity contribution in [2.75, 3.05) is 26.7 Å². The predicted molar refractivity (Wildman–Crippen MR) is 93.0 cm³/mol. The fourth-order valence-corrected chi connectivity index (χ4v) is 2.96. The van der Waals surface area contributed by atoms with E-state index in [0.29, 0.717) is 18.1 Å². The molecular formula is C19H23N3O2. The number of pyridine rings is 1. The summed E-state index contributed by atoms with van der Waals surface area (Å²) in [5.74, 6) is 0.522. The Morgan fingerprint density at radius 1 is 1.25 bits per heavy atom. The molecule has 0 spiro atoms. The normalized spacial score (nSPS) is 18.4. The Kier molecular flexibility index (Phi) is 5.11. The number of hydrogen-bond donors (Lipinski definition) is 0. The molecule has 2 aromatic rings. The van der Waals surface area contributed by atoms with Crippen LogP contribution in [0.1, 0.15) is 22.8 Å². The second kappa shape index (κ2) is 7.45. The molecule has 1 aromatic carbocycles. The van der Waals surface area contributed by atoms with Gasteiger partial charge in [-0.15, -0.1) is 0 Å². The van der Waals surface area contributed by atoms with E-state index in [1.807, 2.05) is 35.2 Å². The van der Waals surface area contributed by atoms with Gasteiger partial charge >= 0.3 is 0 Å². The molecule has 1 fully saturated rings. The maximum atomic E-state index is 12.8. The maximum Gasteiger partial charge on any atom is 0.254 e. The van der Waals surface area contributed by atoms with Crippen LogP contribution >= 0.6 is 0 Å². The fourth-order valence-electron chi connectivity index (χ4n) is 2.96. The van der Waals surface area contributed by atoms with Gasteiger partial charge in [-0.2, -0.15) is 0 Å². The van der Waals surface area contributed by atoms with Crippen LogP contribution in [0.3, 0.4) is 0 Å². The van der Waals surface area contributed by atoms with Crippen molar-refractivity contribution in [1.29, 1.82) is 0 Å². The number of benzene rings is 1. The third-order valence-corrected chi connectivity index (χ3v) is 4.30. The Morgan fingerprint density at radius 3 is 2.79 bits per heavy atom. The van der Waals surface area contributed by atoms with Crippen LogP contribution in [-0.4, -0.2) is 53.4 Å². The molecule has 2 heterocycles. The molecule has 1 aromatic heterocycles. The van der Waals surface area contributed by atoms with Gasteiger partial charge in [0, 0.05) is 43.5 Å². The number of carbonyl (C=O) groups is 1. The molecule has 5 heteroatoms. The first-order valence-corrected chi connectivity index (χ1v) is 8.26. The topological polar surface area (TPSA) is 45.7 Å². The summed E-state index contributed by atoms with van der Waals surface area (Å²) in [6, 6.07) is 13.6. The predicted octanol–water partition coefficient (Wildman–Crippen LogP) is 2.44. The minimum atomic E-state index is 0.0440. The summed E-state index contributed by atoms with van der Waals surface area (Å²) in [4.78, 5) is 21.2. The van der Waals surface area contributed by atoms with Gasteiger partial charge in [-0.25, -0.2) is 4.98 Å². The molecule has 5 nitrogen and oxygen atoms in total. The van der Waals surface area contributed by atoms with Crippen LogP contribution in [0.4, 0.5) is 0 Å². The molecule has 1 atom stereocenters. The molecule has 1 saturated heterocycles. The molecule has 24 heavy (non-hydrogen) atoms. The zero-order valence-corrected chi connectivity index (χ0v) is 14.2. The largest absolute Gasteiger partial charge is 0.473 e. The average molecular weight is 325 g/mol. The highest BCUT2D eigenvalue weighted by atomic mass is 16.5. The van der Waals surface area contributed by atoms with Crippen LogP contribution in [0.2, 0.25) is 0 Å². The van der Waals surface area contributed by atoms with Crippen molar-refractivity contribution < 1.29 is 9.53 Å². The summed E-state index contributed by atoms with van der Waals surface area (Å²) in [5.41, 5.74) is 1.70. The van der Waals surface area contributed by atoms with Gasteiger partial charge in [0.05, 0.1) is 0 Å². The zero-order valence-electron chi connectivity index (χ0n) is 14.2. The van der Waals surface area contributed by atoms with Crippen molar-refractivity contribution in [2.24, 2.45) is 0 Å². The van der Waals surface area contributed by atoms with Gasteiger partial charge in [-0.05, 0) is 25.6 Å². The highest BCUT2D eigenvalue weighted by molar-refractivity contribution is 5.94. The monoisotopic (exact) mass is 325 g/mol. The van der Waals surface area contributed by atoms with Crippen molar-refractivity contribution in [2.45, 2.75) is 19.6 Å². The first-order chi connectivity index (χ1) is 11.6. The maximum absolute atomic E-state index is 12.8. The number of nitrogens with zero attached hydrogens (tertiary/aromatic N) is 3. The lowest BCUT2D eigenvalue weighted by Gasteiger charge is -2.38. The molecule has 3 rings (SSSR count). The molecule has 0 N–H and O–H groups in total. The molecule has 0 saturated carbocycles. The summed E-state index contributed by atoms with van der Waals surface area (Å²) in [5, 5.41) is 0. The van der Waals surface area contributed by atoms with Crippen molar-refractivity contribution in [3.05, 3.63) is 59.8 Å². The van der Waals surface area contributed by atoms with Gasteiger partial charge in [-0.1, -0.05) is 30.3 Å². The van der Waals surface area contributed by atoms with E-state index >= 15 is 0 Å². The number of rotatable bonds is 4. The third kappa shape index (κ3) is 3.92. The van der Waals surface area contributed by atoms with Crippen LogP contribution in [0.5, 0.6) is 5.88 Å². The fraction of sp³-hybridized carbons (Fsp3) is 0.368. The minimum absolute atomic E-state index is 0.0440. The molecule has 1 aliphatic heterocycles. The lowest BCUT2D eigenvalue weighted by Crippen LogP contribution is -2.52. The van der Waals surface area contributed by atoms with E-state index in [1.165, 1.54) is 0 Å². The third-order valence-electron chi connectivity index (χ3n) is 4.30. The van der Waals surface area contributed by atoms with E-state index in [0.717, 1.165) is 25.2 Å². The summed E-state index contributed by atoms with van der Waals surface area (Å²) in [7, 11) is 2.08. The zero-order chi connectivity index (χ0) is 16.9. The van der Waals surface area contributed by atoms with E-state index < -0.39 is 0 Å². The molecule has 0 bridgehead atoms. The summed E-state index contributed by atoms with van der Waals surface area (Å²) >= 11 is 0. The molecular weight excluding hydrogens is 302 g/mol. The number of aromatic nitrogens is 1. The van der Waals surface area contributed by atoms with Crippen molar-refractivity contribution in [1.82, 2.24) is 14.8 Å². The van der Waals surface area contributed by atoms with Crippen LogP contribution in [0.15, 0.2) is 48.7 Å². The minimum Gasteiger partial charge on any atom is -0.473 e. The second-order valence-electron chi connectivity index (χ2n) is 6.27. The summed E-state index contributed by atoms with van der Waals surface area (Å²) in [6.07, 6.45) is 1.63. The van der Waals surface area contributed by atoms with E-state index in [-0.39, 0.29) is 11.9 Å². The van der Waals surface area contributed by atoms with Gasteiger partial charge in [0.25, 0.3) is 5.91 Å².